The molecule has 0 unspecified atom stereocenters. The first-order valence-electron chi connectivity index (χ1n) is 12.1. The van der Waals surface area contributed by atoms with E-state index in [0.717, 1.165) is 23.5 Å². The second-order valence-corrected chi connectivity index (χ2v) is 12.3. The Bertz CT molecular complexity index is 1640. The molecule has 4 aromatic rings. The van der Waals surface area contributed by atoms with Crippen molar-refractivity contribution < 1.29 is 18.0 Å². The number of hydrogen-bond donors (Lipinski definition) is 3. The van der Waals surface area contributed by atoms with Gasteiger partial charge < -0.3 is 11.1 Å². The molecular weight excluding hydrogens is 591 g/mol. The molecule has 0 aliphatic carbocycles. The quantitative estimate of drug-likeness (QED) is 0.240. The third kappa shape index (κ3) is 6.48. The van der Waals surface area contributed by atoms with E-state index in [9.17, 15) is 18.0 Å². The van der Waals surface area contributed by atoms with Crippen molar-refractivity contribution in [1.29, 1.82) is 0 Å². The number of anilines is 2. The van der Waals surface area contributed by atoms with Crippen molar-refractivity contribution in [1.82, 2.24) is 4.90 Å². The fraction of sp³-hybridized carbons (Fsp3) is 0.143. The second-order valence-electron chi connectivity index (χ2n) is 9.08. The molecule has 12 heteroatoms. The SMILES string of the molecule is Cl.NC(=O)c1c(NC(=O)c2ccccc2NS(=O)(=O)c2ccc(Cl)cc2)sc2c1CCN(Cc1ccccc1)C2. The van der Waals surface area contributed by atoms with Crippen molar-refractivity contribution in [2.45, 2.75) is 24.4 Å². The van der Waals surface area contributed by atoms with Crippen LogP contribution < -0.4 is 15.8 Å². The fourth-order valence-electron chi connectivity index (χ4n) is 4.54. The molecule has 1 aliphatic heterocycles. The number of primary amides is 1. The van der Waals surface area contributed by atoms with Crippen LogP contribution in [0.2, 0.25) is 5.02 Å². The number of carbonyl (C=O) groups excluding carboxylic acids is 2. The largest absolute Gasteiger partial charge is 0.365 e. The van der Waals surface area contributed by atoms with Crippen molar-refractivity contribution in [3.63, 3.8) is 0 Å². The molecule has 0 spiro atoms. The maximum Gasteiger partial charge on any atom is 0.261 e. The summed E-state index contributed by atoms with van der Waals surface area (Å²) < 4.78 is 28.3. The van der Waals surface area contributed by atoms with Crippen LogP contribution in [0.15, 0.2) is 83.8 Å². The predicted molar refractivity (Wildman–Crippen MR) is 161 cm³/mol. The van der Waals surface area contributed by atoms with E-state index in [1.165, 1.54) is 53.3 Å². The van der Waals surface area contributed by atoms with E-state index in [4.69, 9.17) is 17.3 Å². The summed E-state index contributed by atoms with van der Waals surface area (Å²) in [6.45, 7) is 2.15. The van der Waals surface area contributed by atoms with Gasteiger partial charge in [0.05, 0.1) is 21.7 Å². The molecule has 5 rings (SSSR count). The van der Waals surface area contributed by atoms with Crippen molar-refractivity contribution in [3.05, 3.63) is 111 Å². The molecular formula is C28H26Cl2N4O4S2. The van der Waals surface area contributed by atoms with Gasteiger partial charge in [0.2, 0.25) is 0 Å². The number of amides is 2. The molecule has 0 saturated heterocycles. The molecule has 2 heterocycles. The molecule has 40 heavy (non-hydrogen) atoms. The van der Waals surface area contributed by atoms with Gasteiger partial charge in [0.15, 0.2) is 0 Å². The van der Waals surface area contributed by atoms with Crippen LogP contribution in [0.5, 0.6) is 0 Å². The molecule has 208 valence electrons. The Labute approximate surface area is 247 Å². The molecule has 1 aromatic heterocycles. The number of nitrogens with two attached hydrogens (primary N) is 1. The van der Waals surface area contributed by atoms with E-state index in [1.807, 2.05) is 18.2 Å². The summed E-state index contributed by atoms with van der Waals surface area (Å²) in [7, 11) is -3.98. The average Bonchev–Trinajstić information content (AvgIpc) is 3.27. The highest BCUT2D eigenvalue weighted by molar-refractivity contribution is 7.92. The van der Waals surface area contributed by atoms with Crippen molar-refractivity contribution >= 4 is 67.9 Å². The molecule has 1 aliphatic rings. The molecule has 3 aromatic carbocycles. The summed E-state index contributed by atoms with van der Waals surface area (Å²) in [5, 5.41) is 3.57. The van der Waals surface area contributed by atoms with Gasteiger partial charge >= 0.3 is 0 Å². The zero-order valence-electron chi connectivity index (χ0n) is 21.1. The first kappa shape index (κ1) is 29.6. The van der Waals surface area contributed by atoms with Crippen LogP contribution in [0.4, 0.5) is 10.7 Å². The number of fused-ring (bicyclic) bond motifs is 1. The molecule has 0 radical (unpaired) electrons. The van der Waals surface area contributed by atoms with Gasteiger partial charge in [-0.05, 0) is 53.9 Å². The minimum Gasteiger partial charge on any atom is -0.365 e. The van der Waals surface area contributed by atoms with Crippen LogP contribution in [0.25, 0.3) is 0 Å². The molecule has 2 amide bonds. The fourth-order valence-corrected chi connectivity index (χ4v) is 7.04. The van der Waals surface area contributed by atoms with Gasteiger partial charge in [-0.1, -0.05) is 54.1 Å². The minimum absolute atomic E-state index is 0. The number of hydrogen-bond acceptors (Lipinski definition) is 6. The van der Waals surface area contributed by atoms with E-state index >= 15 is 0 Å². The highest BCUT2D eigenvalue weighted by atomic mass is 35.5. The lowest BCUT2D eigenvalue weighted by Crippen LogP contribution is -2.30. The standard InChI is InChI=1S/C28H25ClN4O4S2.ClH/c29-19-10-12-20(13-11-19)39(36,37)32-23-9-5-4-8-21(23)27(35)31-28-25(26(30)34)22-14-15-33(17-24(22)38-28)16-18-6-2-1-3-7-18;/h1-13,32H,14-17H2,(H2,30,34)(H,31,35);1H. The number of carbonyl (C=O) groups is 2. The zero-order valence-corrected chi connectivity index (χ0v) is 24.3. The number of para-hydroxylation sites is 1. The summed E-state index contributed by atoms with van der Waals surface area (Å²) in [6.07, 6.45) is 0.629. The van der Waals surface area contributed by atoms with Gasteiger partial charge in [-0.25, -0.2) is 8.42 Å². The van der Waals surface area contributed by atoms with Gasteiger partial charge in [0, 0.05) is 29.5 Å². The van der Waals surface area contributed by atoms with Crippen LogP contribution in [0.3, 0.4) is 0 Å². The first-order valence-corrected chi connectivity index (χ1v) is 14.8. The third-order valence-corrected chi connectivity index (χ3v) is 9.16. The van der Waals surface area contributed by atoms with E-state index in [0.29, 0.717) is 28.6 Å². The predicted octanol–water partition coefficient (Wildman–Crippen LogP) is 5.53. The summed E-state index contributed by atoms with van der Waals surface area (Å²) >= 11 is 7.20. The van der Waals surface area contributed by atoms with Gasteiger partial charge in [0.25, 0.3) is 21.8 Å². The lowest BCUT2D eigenvalue weighted by atomic mass is 10.0. The van der Waals surface area contributed by atoms with E-state index < -0.39 is 21.8 Å². The third-order valence-electron chi connectivity index (χ3n) is 6.40. The Balaban J connectivity index is 0.00000370. The number of nitrogens with one attached hydrogen (secondary N) is 2. The highest BCUT2D eigenvalue weighted by Crippen LogP contribution is 2.38. The molecule has 0 bridgehead atoms. The number of nitrogens with zero attached hydrogens (tertiary/aromatic N) is 1. The molecule has 0 atom stereocenters. The molecule has 0 fully saturated rings. The molecule has 0 saturated carbocycles. The van der Waals surface area contributed by atoms with Gasteiger partial charge in [0.1, 0.15) is 5.00 Å². The number of thiophene rings is 1. The average molecular weight is 618 g/mol. The van der Waals surface area contributed by atoms with Crippen LogP contribution in [0.1, 0.15) is 36.7 Å². The second kappa shape index (κ2) is 12.4. The number of halogens is 2. The lowest BCUT2D eigenvalue weighted by molar-refractivity contribution is 0.0999. The number of rotatable bonds is 8. The Morgan fingerprint density at radius 2 is 1.65 bits per heavy atom. The summed E-state index contributed by atoms with van der Waals surface area (Å²) in [6, 6.07) is 22.1. The molecule has 4 N–H and O–H groups in total. The summed E-state index contributed by atoms with van der Waals surface area (Å²) in [5.74, 6) is -1.18. The van der Waals surface area contributed by atoms with Crippen LogP contribution in [-0.2, 0) is 29.5 Å². The summed E-state index contributed by atoms with van der Waals surface area (Å²) in [5.41, 5.74) is 8.29. The van der Waals surface area contributed by atoms with Crippen molar-refractivity contribution in [3.8, 4) is 0 Å². The Morgan fingerprint density at radius 1 is 0.975 bits per heavy atom. The van der Waals surface area contributed by atoms with E-state index in [2.05, 4.69) is 27.1 Å². The monoisotopic (exact) mass is 616 g/mol. The first-order chi connectivity index (χ1) is 18.7. The van der Waals surface area contributed by atoms with Gasteiger partial charge in [-0.3, -0.25) is 19.2 Å². The van der Waals surface area contributed by atoms with Gasteiger partial charge in [-0.2, -0.15) is 0 Å². The minimum atomic E-state index is -3.98. The highest BCUT2D eigenvalue weighted by Gasteiger charge is 2.28. The van der Waals surface area contributed by atoms with Gasteiger partial charge in [-0.15, -0.1) is 23.7 Å². The van der Waals surface area contributed by atoms with Crippen LogP contribution >= 0.6 is 35.3 Å². The molecule has 8 nitrogen and oxygen atoms in total. The van der Waals surface area contributed by atoms with Crippen LogP contribution in [-0.4, -0.2) is 31.7 Å². The number of sulfonamides is 1. The van der Waals surface area contributed by atoms with E-state index in [-0.39, 0.29) is 28.6 Å². The Morgan fingerprint density at radius 3 is 2.35 bits per heavy atom. The zero-order chi connectivity index (χ0) is 27.6. The van der Waals surface area contributed by atoms with Crippen molar-refractivity contribution in [2.24, 2.45) is 5.73 Å². The number of benzene rings is 3. The Kier molecular flexibility index (Phi) is 9.17. The van der Waals surface area contributed by atoms with E-state index in [1.54, 1.807) is 12.1 Å². The summed E-state index contributed by atoms with van der Waals surface area (Å²) in [4.78, 5) is 29.1. The maximum absolute atomic E-state index is 13.4. The maximum atomic E-state index is 13.4. The normalized spacial score (nSPS) is 13.1. The smallest absolute Gasteiger partial charge is 0.261 e. The topological polar surface area (TPSA) is 122 Å². The Hall–Kier alpha value is -3.41. The van der Waals surface area contributed by atoms with Crippen LogP contribution in [0, 0.1) is 0 Å². The van der Waals surface area contributed by atoms with Crippen molar-refractivity contribution in [2.75, 3.05) is 16.6 Å². The lowest BCUT2D eigenvalue weighted by Gasteiger charge is -2.27.